The predicted molar refractivity (Wildman–Crippen MR) is 87.4 cm³/mol. The minimum absolute atomic E-state index is 0.0752. The molecule has 0 spiro atoms. The van der Waals surface area contributed by atoms with Crippen LogP contribution in [0.25, 0.3) is 11.0 Å². The first-order chi connectivity index (χ1) is 9.98. The van der Waals surface area contributed by atoms with E-state index in [1.165, 1.54) is 0 Å². The van der Waals surface area contributed by atoms with Gasteiger partial charge in [-0.15, -0.1) is 11.6 Å². The van der Waals surface area contributed by atoms with Crippen molar-refractivity contribution in [3.05, 3.63) is 29.0 Å². The Morgan fingerprint density at radius 3 is 2.81 bits per heavy atom. The van der Waals surface area contributed by atoms with Gasteiger partial charge >= 0.3 is 0 Å². The molecule has 3 nitrogen and oxygen atoms in total. The molecule has 114 valence electrons. The zero-order chi connectivity index (χ0) is 15.2. The van der Waals surface area contributed by atoms with Crippen LogP contribution in [0, 0.1) is 5.41 Å². The van der Waals surface area contributed by atoms with E-state index in [1.807, 2.05) is 18.2 Å². The largest absolute Gasteiger partial charge is 0.381 e. The molecule has 0 saturated heterocycles. The van der Waals surface area contributed by atoms with Gasteiger partial charge in [0.2, 0.25) is 0 Å². The molecule has 2 aromatic rings. The van der Waals surface area contributed by atoms with Crippen LogP contribution < -0.4 is 0 Å². The number of imidazole rings is 1. The number of nitrogens with zero attached hydrogens (tertiary/aromatic N) is 2. The number of aromatic nitrogens is 2. The van der Waals surface area contributed by atoms with Gasteiger partial charge in [-0.25, -0.2) is 4.98 Å². The standard InChI is InChI=1S/C16H20Cl2N2O/c1-16(2)13(9-14(16)21-3)20-12-8-10(18)4-5-11(12)19-15(20)6-7-17/h4-5,8,13-14H,6-7,9H2,1-3H3. The molecule has 1 heterocycles. The van der Waals surface area contributed by atoms with Crippen LogP contribution in [0.3, 0.4) is 0 Å². The highest BCUT2D eigenvalue weighted by Crippen LogP contribution is 2.52. The predicted octanol–water partition coefficient (Wildman–Crippen LogP) is 4.46. The average molecular weight is 327 g/mol. The Morgan fingerprint density at radius 2 is 2.19 bits per heavy atom. The molecule has 1 aliphatic carbocycles. The van der Waals surface area contributed by atoms with Crippen LogP contribution in [0.4, 0.5) is 0 Å². The van der Waals surface area contributed by atoms with E-state index < -0.39 is 0 Å². The van der Waals surface area contributed by atoms with Crippen LogP contribution in [-0.2, 0) is 11.2 Å². The minimum Gasteiger partial charge on any atom is -0.381 e. The first-order valence-corrected chi connectivity index (χ1v) is 8.15. The van der Waals surface area contributed by atoms with Gasteiger partial charge in [-0.2, -0.15) is 0 Å². The van der Waals surface area contributed by atoms with Gasteiger partial charge < -0.3 is 9.30 Å². The normalized spacial score (nSPS) is 24.2. The zero-order valence-electron chi connectivity index (χ0n) is 12.6. The summed E-state index contributed by atoms with van der Waals surface area (Å²) in [7, 11) is 1.78. The molecular formula is C16H20Cl2N2O. The summed E-state index contributed by atoms with van der Waals surface area (Å²) in [5.41, 5.74) is 2.15. The molecule has 0 amide bonds. The third-order valence-corrected chi connectivity index (χ3v) is 5.19. The third kappa shape index (κ3) is 2.36. The summed E-state index contributed by atoms with van der Waals surface area (Å²) in [6.45, 7) is 4.49. The molecule has 0 radical (unpaired) electrons. The molecule has 3 rings (SSSR count). The smallest absolute Gasteiger partial charge is 0.111 e. The van der Waals surface area contributed by atoms with Crippen molar-refractivity contribution >= 4 is 34.2 Å². The molecule has 1 saturated carbocycles. The number of rotatable bonds is 4. The van der Waals surface area contributed by atoms with Crippen LogP contribution in [0.5, 0.6) is 0 Å². The molecule has 5 heteroatoms. The fraction of sp³-hybridized carbons (Fsp3) is 0.562. The Hall–Kier alpha value is -0.770. The van der Waals surface area contributed by atoms with Crippen molar-refractivity contribution in [2.45, 2.75) is 38.8 Å². The molecule has 2 unspecified atom stereocenters. The van der Waals surface area contributed by atoms with E-state index in [0.29, 0.717) is 11.9 Å². The van der Waals surface area contributed by atoms with E-state index in [1.54, 1.807) is 7.11 Å². The van der Waals surface area contributed by atoms with E-state index in [4.69, 9.17) is 32.9 Å². The lowest BCUT2D eigenvalue weighted by atomic mass is 9.64. The summed E-state index contributed by atoms with van der Waals surface area (Å²) in [6.07, 6.45) is 2.04. The molecule has 1 aromatic carbocycles. The number of methoxy groups -OCH3 is 1. The van der Waals surface area contributed by atoms with Gasteiger partial charge in [0.15, 0.2) is 0 Å². The molecule has 0 N–H and O–H groups in total. The zero-order valence-corrected chi connectivity index (χ0v) is 14.1. The fourth-order valence-corrected chi connectivity index (χ4v) is 3.76. The molecule has 21 heavy (non-hydrogen) atoms. The number of fused-ring (bicyclic) bond motifs is 1. The van der Waals surface area contributed by atoms with Crippen molar-refractivity contribution in [1.82, 2.24) is 9.55 Å². The van der Waals surface area contributed by atoms with Gasteiger partial charge in [-0.1, -0.05) is 25.4 Å². The van der Waals surface area contributed by atoms with Gasteiger partial charge in [0, 0.05) is 35.9 Å². The number of hydrogen-bond donors (Lipinski definition) is 0. The average Bonchev–Trinajstić information content (AvgIpc) is 2.76. The second kappa shape index (κ2) is 5.45. The van der Waals surface area contributed by atoms with Gasteiger partial charge in [0.05, 0.1) is 17.1 Å². The Bertz CT molecular complexity index is 666. The summed E-state index contributed by atoms with van der Waals surface area (Å²) >= 11 is 12.1. The summed E-state index contributed by atoms with van der Waals surface area (Å²) < 4.78 is 7.90. The second-order valence-corrected chi connectivity index (χ2v) is 7.08. The molecule has 0 aliphatic heterocycles. The summed E-state index contributed by atoms with van der Waals surface area (Å²) in [4.78, 5) is 4.74. The quantitative estimate of drug-likeness (QED) is 0.776. The highest BCUT2D eigenvalue weighted by Gasteiger charge is 2.50. The van der Waals surface area contributed by atoms with Crippen LogP contribution >= 0.6 is 23.2 Å². The molecule has 2 atom stereocenters. The number of alkyl halides is 1. The Labute approximate surface area is 135 Å². The van der Waals surface area contributed by atoms with Gasteiger partial charge in [-0.3, -0.25) is 0 Å². The number of benzene rings is 1. The van der Waals surface area contributed by atoms with E-state index in [9.17, 15) is 0 Å². The van der Waals surface area contributed by atoms with Crippen molar-refractivity contribution in [3.63, 3.8) is 0 Å². The molecule has 1 fully saturated rings. The van der Waals surface area contributed by atoms with Crippen molar-refractivity contribution < 1.29 is 4.74 Å². The Kier molecular flexibility index (Phi) is 3.93. The molecule has 0 bridgehead atoms. The van der Waals surface area contributed by atoms with Crippen molar-refractivity contribution in [1.29, 1.82) is 0 Å². The first-order valence-electron chi connectivity index (χ1n) is 7.24. The van der Waals surface area contributed by atoms with Crippen LogP contribution in [0.15, 0.2) is 18.2 Å². The number of halogens is 2. The van der Waals surface area contributed by atoms with Crippen LogP contribution in [0.1, 0.15) is 32.1 Å². The van der Waals surface area contributed by atoms with Gasteiger partial charge in [0.1, 0.15) is 5.82 Å². The highest BCUT2D eigenvalue weighted by atomic mass is 35.5. The number of ether oxygens (including phenoxy) is 1. The van der Waals surface area contributed by atoms with E-state index in [-0.39, 0.29) is 11.5 Å². The summed E-state index contributed by atoms with van der Waals surface area (Å²) in [5, 5.41) is 0.737. The fourth-order valence-electron chi connectivity index (χ4n) is 3.43. The molecule has 1 aliphatic rings. The lowest BCUT2D eigenvalue weighted by Gasteiger charge is -2.52. The summed E-state index contributed by atoms with van der Waals surface area (Å²) in [6, 6.07) is 6.22. The third-order valence-electron chi connectivity index (χ3n) is 4.76. The monoisotopic (exact) mass is 326 g/mol. The summed E-state index contributed by atoms with van der Waals surface area (Å²) in [5.74, 6) is 1.60. The van der Waals surface area contributed by atoms with E-state index in [0.717, 1.165) is 34.7 Å². The lowest BCUT2D eigenvalue weighted by Crippen LogP contribution is -2.51. The van der Waals surface area contributed by atoms with Crippen molar-refractivity contribution in [2.24, 2.45) is 5.41 Å². The lowest BCUT2D eigenvalue weighted by molar-refractivity contribution is -0.112. The van der Waals surface area contributed by atoms with Crippen molar-refractivity contribution in [3.8, 4) is 0 Å². The maximum absolute atomic E-state index is 6.18. The topological polar surface area (TPSA) is 27.1 Å². The number of aryl methyl sites for hydroxylation is 1. The first kappa shape index (κ1) is 15.1. The maximum Gasteiger partial charge on any atom is 0.111 e. The van der Waals surface area contributed by atoms with Crippen molar-refractivity contribution in [2.75, 3.05) is 13.0 Å². The van der Waals surface area contributed by atoms with Crippen LogP contribution in [0.2, 0.25) is 5.02 Å². The van der Waals surface area contributed by atoms with E-state index in [2.05, 4.69) is 18.4 Å². The maximum atomic E-state index is 6.18. The number of hydrogen-bond acceptors (Lipinski definition) is 2. The van der Waals surface area contributed by atoms with Crippen LogP contribution in [-0.4, -0.2) is 28.6 Å². The highest BCUT2D eigenvalue weighted by molar-refractivity contribution is 6.31. The minimum atomic E-state index is 0.0752. The van der Waals surface area contributed by atoms with Gasteiger partial charge in [0.25, 0.3) is 0 Å². The van der Waals surface area contributed by atoms with Gasteiger partial charge in [-0.05, 0) is 24.6 Å². The second-order valence-electron chi connectivity index (χ2n) is 6.27. The molecular weight excluding hydrogens is 307 g/mol. The SMILES string of the molecule is COC1CC(n2c(CCCl)nc3ccc(Cl)cc32)C1(C)C. The van der Waals surface area contributed by atoms with E-state index >= 15 is 0 Å². The Morgan fingerprint density at radius 1 is 1.43 bits per heavy atom. The molecule has 1 aromatic heterocycles. The Balaban J connectivity index is 2.12.